The molecule has 0 atom stereocenters. The molecule has 0 aliphatic rings. The van der Waals surface area contributed by atoms with Crippen molar-refractivity contribution >= 4 is 33.4 Å². The molecule has 31 heavy (non-hydrogen) atoms. The highest BCUT2D eigenvalue weighted by atomic mass is 19.1. The van der Waals surface area contributed by atoms with E-state index < -0.39 is 0 Å². The Morgan fingerprint density at radius 2 is 1.90 bits per heavy atom. The third kappa shape index (κ3) is 3.68. The highest BCUT2D eigenvalue weighted by Gasteiger charge is 2.17. The second kappa shape index (κ2) is 7.72. The summed E-state index contributed by atoms with van der Waals surface area (Å²) < 4.78 is 17.8. The van der Waals surface area contributed by atoms with Crippen molar-refractivity contribution in [3.63, 3.8) is 0 Å². The van der Waals surface area contributed by atoms with Gasteiger partial charge in [-0.25, -0.2) is 4.39 Å². The van der Waals surface area contributed by atoms with Crippen molar-refractivity contribution in [2.45, 2.75) is 13.0 Å². The molecule has 0 saturated heterocycles. The average molecular weight is 412 g/mol. The number of benzene rings is 2. The zero-order chi connectivity index (χ0) is 21.4. The Hall–Kier alpha value is -3.93. The molecule has 154 valence electrons. The minimum Gasteiger partial charge on any atom is -0.351 e. The minimum absolute atomic E-state index is 0.224. The van der Waals surface area contributed by atoms with E-state index in [0.29, 0.717) is 24.0 Å². The van der Waals surface area contributed by atoms with Gasteiger partial charge in [0.25, 0.3) is 5.91 Å². The Balaban J connectivity index is 1.48. The minimum atomic E-state index is -0.321. The van der Waals surface area contributed by atoms with Gasteiger partial charge in [0, 0.05) is 59.7 Å². The Kier molecular flexibility index (Phi) is 4.75. The van der Waals surface area contributed by atoms with Crippen molar-refractivity contribution in [1.82, 2.24) is 14.1 Å². The molecule has 0 spiro atoms. The van der Waals surface area contributed by atoms with Gasteiger partial charge in [-0.2, -0.15) is 0 Å². The first kappa shape index (κ1) is 19.1. The number of hydrogen-bond donors (Lipinski definition) is 1. The molecule has 1 amide bonds. The average Bonchev–Trinajstić information content (AvgIpc) is 3.32. The number of rotatable bonds is 5. The van der Waals surface area contributed by atoms with E-state index in [2.05, 4.69) is 10.3 Å². The quantitative estimate of drug-likeness (QED) is 0.433. The summed E-state index contributed by atoms with van der Waals surface area (Å²) in [6.07, 6.45) is 6.26. The van der Waals surface area contributed by atoms with Crippen molar-refractivity contribution < 1.29 is 9.18 Å². The normalized spacial score (nSPS) is 11.3. The van der Waals surface area contributed by atoms with E-state index in [1.807, 2.05) is 65.0 Å². The topological polar surface area (TPSA) is 51.9 Å². The highest BCUT2D eigenvalue weighted by Crippen LogP contribution is 2.24. The van der Waals surface area contributed by atoms with Gasteiger partial charge in [0.2, 0.25) is 0 Å². The van der Waals surface area contributed by atoms with Crippen LogP contribution in [-0.4, -0.2) is 20.0 Å². The van der Waals surface area contributed by atoms with Gasteiger partial charge < -0.3 is 14.5 Å². The summed E-state index contributed by atoms with van der Waals surface area (Å²) in [6, 6.07) is 18.1. The monoisotopic (exact) mass is 412 g/mol. The first-order chi connectivity index (χ1) is 15.1. The molecule has 5 rings (SSSR count). The predicted octanol–water partition coefficient (Wildman–Crippen LogP) is 5.16. The smallest absolute Gasteiger partial charge is 0.272 e. The van der Waals surface area contributed by atoms with Crippen LogP contribution in [0.1, 0.15) is 16.1 Å². The summed E-state index contributed by atoms with van der Waals surface area (Å²) in [7, 11) is 1.99. The maximum absolute atomic E-state index is 13.8. The maximum Gasteiger partial charge on any atom is 0.272 e. The lowest BCUT2D eigenvalue weighted by molar-refractivity contribution is 0.101. The molecular formula is C25H21FN4O. The van der Waals surface area contributed by atoms with Crippen LogP contribution in [0.25, 0.3) is 21.8 Å². The van der Waals surface area contributed by atoms with Gasteiger partial charge in [0.05, 0.1) is 0 Å². The first-order valence-corrected chi connectivity index (χ1v) is 10.1. The number of nitrogens with zero attached hydrogens (tertiary/aromatic N) is 3. The number of carbonyl (C=O) groups excluding carboxylic acids is 1. The van der Waals surface area contributed by atoms with Gasteiger partial charge in [0.1, 0.15) is 11.5 Å². The molecule has 0 aliphatic heterocycles. The molecule has 5 aromatic rings. The van der Waals surface area contributed by atoms with Crippen molar-refractivity contribution in [1.29, 1.82) is 0 Å². The number of fused-ring (bicyclic) bond motifs is 2. The molecule has 0 saturated carbocycles. The van der Waals surface area contributed by atoms with Gasteiger partial charge in [-0.15, -0.1) is 0 Å². The molecule has 6 heteroatoms. The number of hydrogen-bond acceptors (Lipinski definition) is 2. The Morgan fingerprint density at radius 1 is 1.03 bits per heavy atom. The van der Waals surface area contributed by atoms with Crippen LogP contribution in [0.15, 0.2) is 79.3 Å². The first-order valence-electron chi connectivity index (χ1n) is 10.1. The predicted molar refractivity (Wildman–Crippen MR) is 121 cm³/mol. The van der Waals surface area contributed by atoms with E-state index in [-0.39, 0.29) is 11.7 Å². The number of anilines is 1. The number of nitrogens with one attached hydrogen (secondary N) is 1. The maximum atomic E-state index is 13.8. The van der Waals surface area contributed by atoms with Gasteiger partial charge >= 0.3 is 0 Å². The molecule has 5 nitrogen and oxygen atoms in total. The molecule has 0 unspecified atom stereocenters. The molecule has 0 fully saturated rings. The largest absolute Gasteiger partial charge is 0.351 e. The summed E-state index contributed by atoms with van der Waals surface area (Å²) in [5.74, 6) is -0.545. The second-order valence-corrected chi connectivity index (χ2v) is 7.65. The second-order valence-electron chi connectivity index (χ2n) is 7.65. The third-order valence-electron chi connectivity index (χ3n) is 5.59. The molecule has 3 aromatic heterocycles. The molecule has 0 radical (unpaired) electrons. The fourth-order valence-electron chi connectivity index (χ4n) is 4.01. The SMILES string of the molecule is Cn1ccc2cc(NC(=O)c3cc4cc(F)ccc4n3CCc3cccnc3)ccc21. The number of halogens is 1. The molecule has 0 aliphatic carbocycles. The van der Waals surface area contributed by atoms with E-state index in [1.54, 1.807) is 18.3 Å². The van der Waals surface area contributed by atoms with Crippen LogP contribution >= 0.6 is 0 Å². The molecule has 0 bridgehead atoms. The van der Waals surface area contributed by atoms with Crippen LogP contribution < -0.4 is 5.32 Å². The highest BCUT2D eigenvalue weighted by molar-refractivity contribution is 6.07. The summed E-state index contributed by atoms with van der Waals surface area (Å²) >= 11 is 0. The molecular weight excluding hydrogens is 391 g/mol. The van der Waals surface area contributed by atoms with E-state index >= 15 is 0 Å². The number of aryl methyl sites for hydroxylation is 3. The van der Waals surface area contributed by atoms with Crippen LogP contribution in [0.4, 0.5) is 10.1 Å². The fraction of sp³-hybridized carbons (Fsp3) is 0.120. The van der Waals surface area contributed by atoms with Crippen LogP contribution in [0, 0.1) is 5.82 Å². The fourth-order valence-corrected chi connectivity index (χ4v) is 4.01. The molecule has 3 heterocycles. The van der Waals surface area contributed by atoms with Crippen molar-refractivity contribution in [2.75, 3.05) is 5.32 Å². The van der Waals surface area contributed by atoms with Gasteiger partial charge in [-0.1, -0.05) is 6.07 Å². The van der Waals surface area contributed by atoms with Crippen LogP contribution in [-0.2, 0) is 20.0 Å². The Bertz CT molecular complexity index is 1400. The van der Waals surface area contributed by atoms with E-state index in [9.17, 15) is 9.18 Å². The van der Waals surface area contributed by atoms with Crippen molar-refractivity contribution in [3.8, 4) is 0 Å². The van der Waals surface area contributed by atoms with Crippen LogP contribution in [0.5, 0.6) is 0 Å². The Labute approximate surface area is 178 Å². The van der Waals surface area contributed by atoms with E-state index in [1.165, 1.54) is 12.1 Å². The zero-order valence-corrected chi connectivity index (χ0v) is 17.0. The summed E-state index contributed by atoms with van der Waals surface area (Å²) in [4.78, 5) is 17.4. The number of aromatic nitrogens is 3. The van der Waals surface area contributed by atoms with E-state index in [0.717, 1.165) is 27.7 Å². The third-order valence-corrected chi connectivity index (χ3v) is 5.59. The van der Waals surface area contributed by atoms with E-state index in [4.69, 9.17) is 0 Å². The standard InChI is InChI=1S/C25H21FN4O/c1-29-11-9-18-14-21(5-7-22(18)29)28-25(31)24-15-19-13-20(26)4-6-23(19)30(24)12-8-17-3-2-10-27-16-17/h2-7,9-11,13-16H,8,12H2,1H3,(H,28,31). The van der Waals surface area contributed by atoms with Crippen molar-refractivity contribution in [2.24, 2.45) is 7.05 Å². The number of carbonyl (C=O) groups is 1. The number of pyridine rings is 1. The number of amides is 1. The van der Waals surface area contributed by atoms with Crippen LogP contribution in [0.3, 0.4) is 0 Å². The summed E-state index contributed by atoms with van der Waals surface area (Å²) in [5, 5.41) is 4.76. The lowest BCUT2D eigenvalue weighted by atomic mass is 10.2. The summed E-state index contributed by atoms with van der Waals surface area (Å²) in [6.45, 7) is 0.585. The molecule has 1 N–H and O–H groups in total. The zero-order valence-electron chi connectivity index (χ0n) is 17.0. The van der Waals surface area contributed by atoms with Gasteiger partial charge in [0.15, 0.2) is 0 Å². The molecule has 2 aromatic carbocycles. The van der Waals surface area contributed by atoms with Gasteiger partial charge in [-0.3, -0.25) is 9.78 Å². The lowest BCUT2D eigenvalue weighted by Gasteiger charge is -2.12. The summed E-state index contributed by atoms with van der Waals surface area (Å²) in [5.41, 5.74) is 4.22. The van der Waals surface area contributed by atoms with Crippen molar-refractivity contribution in [3.05, 3.63) is 96.3 Å². The lowest BCUT2D eigenvalue weighted by Crippen LogP contribution is -2.17. The Morgan fingerprint density at radius 3 is 2.74 bits per heavy atom. The van der Waals surface area contributed by atoms with Gasteiger partial charge in [-0.05, 0) is 66.6 Å². The van der Waals surface area contributed by atoms with Crippen LogP contribution in [0.2, 0.25) is 0 Å².